The zero-order valence-electron chi connectivity index (χ0n) is 11.8. The highest BCUT2D eigenvalue weighted by Crippen LogP contribution is 2.29. The van der Waals surface area contributed by atoms with Gasteiger partial charge in [0.1, 0.15) is 0 Å². The number of hydrogen-bond donors (Lipinski definition) is 1. The lowest BCUT2D eigenvalue weighted by molar-refractivity contribution is 0.102. The zero-order valence-corrected chi connectivity index (χ0v) is 15.8. The van der Waals surface area contributed by atoms with Crippen molar-refractivity contribution >= 4 is 60.3 Å². The highest BCUT2D eigenvalue weighted by Gasteiger charge is 2.14. The van der Waals surface area contributed by atoms with E-state index in [0.717, 1.165) is 35.9 Å². The van der Waals surface area contributed by atoms with Gasteiger partial charge in [-0.3, -0.25) is 4.79 Å². The predicted molar refractivity (Wildman–Crippen MR) is 99.9 cm³/mol. The molecule has 0 saturated carbocycles. The summed E-state index contributed by atoms with van der Waals surface area (Å²) in [5.74, 6) is 0.567. The second-order valence-corrected chi connectivity index (χ2v) is 7.86. The molecule has 0 atom stereocenters. The molecule has 0 unspecified atom stereocenters. The van der Waals surface area contributed by atoms with Crippen LogP contribution in [0.15, 0.2) is 56.4 Å². The molecule has 0 aliphatic rings. The first-order valence-electron chi connectivity index (χ1n) is 6.73. The van der Waals surface area contributed by atoms with E-state index in [1.54, 1.807) is 18.0 Å². The molecule has 0 saturated heterocycles. The number of ketones is 1. The third kappa shape index (κ3) is 3.31. The lowest BCUT2D eigenvalue weighted by Crippen LogP contribution is -2.01. The number of carbonyl (C=O) groups is 1. The maximum Gasteiger partial charge on any atom is 0.175 e. The van der Waals surface area contributed by atoms with Gasteiger partial charge < -0.3 is 4.98 Å². The van der Waals surface area contributed by atoms with Gasteiger partial charge in [-0.15, -0.1) is 11.8 Å². The number of aryl methyl sites for hydroxylation is 1. The van der Waals surface area contributed by atoms with Gasteiger partial charge in [-0.2, -0.15) is 0 Å². The number of halogens is 2. The normalized spacial score (nSPS) is 11.0. The van der Waals surface area contributed by atoms with E-state index in [2.05, 4.69) is 36.8 Å². The van der Waals surface area contributed by atoms with Gasteiger partial charge in [0.2, 0.25) is 0 Å². The van der Waals surface area contributed by atoms with Gasteiger partial charge in [-0.25, -0.2) is 0 Å². The summed E-state index contributed by atoms with van der Waals surface area (Å²) < 4.78 is 2.03. The van der Waals surface area contributed by atoms with E-state index in [0.29, 0.717) is 5.75 Å². The molecule has 1 N–H and O–H groups in total. The molecule has 0 aliphatic heterocycles. The van der Waals surface area contributed by atoms with Crippen LogP contribution in [0.2, 0.25) is 0 Å². The van der Waals surface area contributed by atoms with Crippen LogP contribution in [-0.4, -0.2) is 16.5 Å². The molecule has 2 aromatic carbocycles. The van der Waals surface area contributed by atoms with E-state index < -0.39 is 0 Å². The Morgan fingerprint density at radius 3 is 2.64 bits per heavy atom. The molecular formula is C17H13Br2NOS. The van der Waals surface area contributed by atoms with Gasteiger partial charge in [-0.1, -0.05) is 15.9 Å². The number of hydrogen-bond acceptors (Lipinski definition) is 2. The summed E-state index contributed by atoms with van der Waals surface area (Å²) in [6.45, 7) is 2.03. The first kappa shape index (κ1) is 15.8. The Labute approximate surface area is 149 Å². The molecule has 0 amide bonds. The van der Waals surface area contributed by atoms with Crippen LogP contribution in [0, 0.1) is 6.92 Å². The number of benzene rings is 2. The van der Waals surface area contributed by atoms with E-state index in [1.807, 2.05) is 43.3 Å². The lowest BCUT2D eigenvalue weighted by atomic mass is 10.1. The quantitative estimate of drug-likeness (QED) is 0.401. The third-order valence-corrected chi connectivity index (χ3v) is 5.54. The molecule has 112 valence electrons. The van der Waals surface area contributed by atoms with Crippen molar-refractivity contribution in [3.63, 3.8) is 0 Å². The smallest absolute Gasteiger partial charge is 0.175 e. The van der Waals surface area contributed by atoms with Gasteiger partial charge in [0.05, 0.1) is 11.3 Å². The van der Waals surface area contributed by atoms with E-state index >= 15 is 0 Å². The monoisotopic (exact) mass is 437 g/mol. The highest BCUT2D eigenvalue weighted by molar-refractivity contribution is 9.11. The Bertz CT molecular complexity index is 840. The maximum atomic E-state index is 12.5. The second kappa shape index (κ2) is 6.60. The molecular weight excluding hydrogens is 426 g/mol. The summed E-state index contributed by atoms with van der Waals surface area (Å²) >= 11 is 8.51. The zero-order chi connectivity index (χ0) is 15.7. The van der Waals surface area contributed by atoms with Gasteiger partial charge in [0.15, 0.2) is 5.78 Å². The van der Waals surface area contributed by atoms with Gasteiger partial charge >= 0.3 is 0 Å². The average Bonchev–Trinajstić information content (AvgIpc) is 2.90. The van der Waals surface area contributed by atoms with Crippen LogP contribution < -0.4 is 0 Å². The molecule has 0 aliphatic carbocycles. The van der Waals surface area contributed by atoms with Crippen LogP contribution in [0.25, 0.3) is 10.9 Å². The number of carbonyl (C=O) groups excluding carboxylic acids is 1. The number of thioether (sulfide) groups is 1. The molecule has 5 heteroatoms. The summed E-state index contributed by atoms with van der Waals surface area (Å²) in [5.41, 5.74) is 2.86. The van der Waals surface area contributed by atoms with Crippen molar-refractivity contribution in [1.29, 1.82) is 0 Å². The fraction of sp³-hybridized carbons (Fsp3) is 0.118. The fourth-order valence-electron chi connectivity index (χ4n) is 2.31. The Hall–Kier alpha value is -1.04. The summed E-state index contributed by atoms with van der Waals surface area (Å²) in [5, 5.41) is 0.980. The van der Waals surface area contributed by atoms with E-state index in [1.165, 1.54) is 0 Å². The molecule has 3 rings (SSSR count). The number of fused-ring (bicyclic) bond motifs is 1. The number of H-pyrrole nitrogens is 1. The van der Waals surface area contributed by atoms with Crippen LogP contribution in [0.3, 0.4) is 0 Å². The SMILES string of the molecule is Cc1cc(Br)c2[nH]cc(C(=O)CSc3ccc(Br)cc3)c2c1. The molecule has 0 bridgehead atoms. The van der Waals surface area contributed by atoms with Crippen molar-refractivity contribution in [2.24, 2.45) is 0 Å². The first-order chi connectivity index (χ1) is 10.5. The van der Waals surface area contributed by atoms with Crippen LogP contribution in [0.5, 0.6) is 0 Å². The minimum atomic E-state index is 0.136. The molecule has 1 aromatic heterocycles. The number of nitrogens with one attached hydrogen (secondary N) is 1. The molecule has 22 heavy (non-hydrogen) atoms. The van der Waals surface area contributed by atoms with Crippen LogP contribution in [0.4, 0.5) is 0 Å². The summed E-state index contributed by atoms with van der Waals surface area (Å²) in [6.07, 6.45) is 1.80. The topological polar surface area (TPSA) is 32.9 Å². The van der Waals surface area contributed by atoms with Crippen LogP contribution >= 0.6 is 43.6 Å². The van der Waals surface area contributed by atoms with Crippen molar-refractivity contribution in [3.8, 4) is 0 Å². The third-order valence-electron chi connectivity index (χ3n) is 3.37. The number of aromatic nitrogens is 1. The van der Waals surface area contributed by atoms with Crippen molar-refractivity contribution in [1.82, 2.24) is 4.98 Å². The van der Waals surface area contributed by atoms with Crippen molar-refractivity contribution in [2.45, 2.75) is 11.8 Å². The predicted octanol–water partition coefficient (Wildman–Crippen LogP) is 5.98. The molecule has 0 fully saturated rings. The number of Topliss-reactive ketones (excluding diaryl/α,β-unsaturated/α-hetero) is 1. The Morgan fingerprint density at radius 2 is 1.91 bits per heavy atom. The van der Waals surface area contributed by atoms with Crippen molar-refractivity contribution in [3.05, 3.63) is 62.7 Å². The Balaban J connectivity index is 1.82. The van der Waals surface area contributed by atoms with Gasteiger partial charge in [0.25, 0.3) is 0 Å². The molecule has 1 heterocycles. The van der Waals surface area contributed by atoms with E-state index in [4.69, 9.17) is 0 Å². The minimum absolute atomic E-state index is 0.136. The van der Waals surface area contributed by atoms with E-state index in [9.17, 15) is 4.79 Å². The van der Waals surface area contributed by atoms with E-state index in [-0.39, 0.29) is 5.78 Å². The lowest BCUT2D eigenvalue weighted by Gasteiger charge is -2.03. The maximum absolute atomic E-state index is 12.5. The van der Waals surface area contributed by atoms with Crippen molar-refractivity contribution < 1.29 is 4.79 Å². The Morgan fingerprint density at radius 1 is 1.18 bits per heavy atom. The number of aromatic amines is 1. The van der Waals surface area contributed by atoms with Crippen LogP contribution in [-0.2, 0) is 0 Å². The number of rotatable bonds is 4. The van der Waals surface area contributed by atoms with Crippen LogP contribution in [0.1, 0.15) is 15.9 Å². The molecule has 2 nitrogen and oxygen atoms in total. The summed E-state index contributed by atoms with van der Waals surface area (Å²) in [7, 11) is 0. The largest absolute Gasteiger partial charge is 0.360 e. The fourth-order valence-corrected chi connectivity index (χ4v) is 4.05. The van der Waals surface area contributed by atoms with Gasteiger partial charge in [0, 0.05) is 31.0 Å². The van der Waals surface area contributed by atoms with Crippen molar-refractivity contribution in [2.75, 3.05) is 5.75 Å². The highest BCUT2D eigenvalue weighted by atomic mass is 79.9. The second-order valence-electron chi connectivity index (χ2n) is 5.04. The Kier molecular flexibility index (Phi) is 4.76. The average molecular weight is 439 g/mol. The minimum Gasteiger partial charge on any atom is -0.360 e. The van der Waals surface area contributed by atoms with Gasteiger partial charge in [-0.05, 0) is 64.8 Å². The molecule has 0 radical (unpaired) electrons. The molecule has 3 aromatic rings. The molecule has 0 spiro atoms. The standard InChI is InChI=1S/C17H13Br2NOS/c1-10-6-13-14(8-20-17(13)15(19)7-10)16(21)9-22-12-4-2-11(18)3-5-12/h2-8,20H,9H2,1H3. The summed E-state index contributed by atoms with van der Waals surface area (Å²) in [4.78, 5) is 16.8. The summed E-state index contributed by atoms with van der Waals surface area (Å²) in [6, 6.07) is 12.1. The first-order valence-corrected chi connectivity index (χ1v) is 9.30.